The van der Waals surface area contributed by atoms with E-state index >= 15 is 0 Å². The molecule has 4 aromatic rings. The van der Waals surface area contributed by atoms with Gasteiger partial charge < -0.3 is 5.32 Å². The molecule has 1 amide bonds. The largest absolute Gasteiger partial charge is 0.352 e. The molecule has 0 saturated carbocycles. The number of fused-ring (bicyclic) bond motifs is 3. The van der Waals surface area contributed by atoms with Gasteiger partial charge in [-0.05, 0) is 55.7 Å². The lowest BCUT2D eigenvalue weighted by molar-refractivity contribution is 0.0943. The smallest absolute Gasteiger partial charge is 0.350 e. The van der Waals surface area contributed by atoms with Gasteiger partial charge in [0, 0.05) is 23.2 Å². The van der Waals surface area contributed by atoms with Crippen molar-refractivity contribution >= 4 is 34.2 Å². The third-order valence-electron chi connectivity index (χ3n) is 5.23. The predicted molar refractivity (Wildman–Crippen MR) is 129 cm³/mol. The summed E-state index contributed by atoms with van der Waals surface area (Å²) >= 11 is 6.10. The Bertz CT molecular complexity index is 1480. The first-order valence-corrected chi connectivity index (χ1v) is 11.2. The lowest BCUT2D eigenvalue weighted by atomic mass is 10.1. The highest BCUT2D eigenvalue weighted by Crippen LogP contribution is 2.16. The summed E-state index contributed by atoms with van der Waals surface area (Å²) in [4.78, 5) is 39.4. The van der Waals surface area contributed by atoms with Crippen molar-refractivity contribution in [3.63, 3.8) is 0 Å². The van der Waals surface area contributed by atoms with Crippen molar-refractivity contribution in [2.75, 3.05) is 0 Å². The van der Waals surface area contributed by atoms with Gasteiger partial charge in [0.25, 0.3) is 11.5 Å². The van der Waals surface area contributed by atoms with Crippen LogP contribution in [-0.4, -0.2) is 30.7 Å². The van der Waals surface area contributed by atoms with Crippen molar-refractivity contribution in [3.05, 3.63) is 79.5 Å². The minimum atomic E-state index is -0.395. The Labute approximate surface area is 195 Å². The van der Waals surface area contributed by atoms with E-state index < -0.39 is 5.69 Å². The normalized spacial score (nSPS) is 11.7. The monoisotopic (exact) mass is 467 g/mol. The summed E-state index contributed by atoms with van der Waals surface area (Å²) in [7, 11) is 0. The first-order valence-electron chi connectivity index (χ1n) is 10.9. The van der Waals surface area contributed by atoms with E-state index in [1.54, 1.807) is 30.3 Å². The SMILES string of the molecule is CC(C)Cn1c(=O)c2ccc(C(=O)NC(C)C)cc2n2c(=O)n(Cc3cccc(Cl)c3)nc12. The number of carbonyl (C=O) groups is 1. The van der Waals surface area contributed by atoms with Crippen LogP contribution in [0.1, 0.15) is 43.6 Å². The molecule has 2 aromatic carbocycles. The van der Waals surface area contributed by atoms with E-state index in [2.05, 4.69) is 10.4 Å². The fraction of sp³-hybridized carbons (Fsp3) is 0.333. The van der Waals surface area contributed by atoms with E-state index in [1.165, 1.54) is 13.6 Å². The second kappa shape index (κ2) is 8.86. The van der Waals surface area contributed by atoms with E-state index in [4.69, 9.17) is 11.6 Å². The van der Waals surface area contributed by atoms with E-state index in [1.807, 2.05) is 39.8 Å². The zero-order valence-electron chi connectivity index (χ0n) is 19.0. The molecule has 9 heteroatoms. The number of hydrogen-bond donors (Lipinski definition) is 1. The van der Waals surface area contributed by atoms with E-state index in [-0.39, 0.29) is 35.7 Å². The van der Waals surface area contributed by atoms with Crippen molar-refractivity contribution in [1.82, 2.24) is 24.1 Å². The molecular formula is C24H26ClN5O3. The average molecular weight is 468 g/mol. The number of aromatic nitrogens is 4. The maximum Gasteiger partial charge on any atom is 0.352 e. The van der Waals surface area contributed by atoms with Crippen LogP contribution in [0.3, 0.4) is 0 Å². The number of amides is 1. The molecule has 33 heavy (non-hydrogen) atoms. The Hall–Kier alpha value is -3.39. The molecule has 4 rings (SSSR count). The highest BCUT2D eigenvalue weighted by Gasteiger charge is 2.20. The van der Waals surface area contributed by atoms with E-state index in [0.29, 0.717) is 28.0 Å². The summed E-state index contributed by atoms with van der Waals surface area (Å²) < 4.78 is 4.25. The van der Waals surface area contributed by atoms with Crippen LogP contribution in [0.2, 0.25) is 5.02 Å². The van der Waals surface area contributed by atoms with Crippen molar-refractivity contribution in [2.24, 2.45) is 5.92 Å². The fourth-order valence-electron chi connectivity index (χ4n) is 3.84. The lowest BCUT2D eigenvalue weighted by Crippen LogP contribution is -2.31. The Morgan fingerprint density at radius 3 is 2.52 bits per heavy atom. The maximum absolute atomic E-state index is 13.5. The quantitative estimate of drug-likeness (QED) is 0.471. The molecule has 0 aliphatic heterocycles. The maximum atomic E-state index is 13.5. The lowest BCUT2D eigenvalue weighted by Gasteiger charge is -2.13. The molecule has 8 nitrogen and oxygen atoms in total. The molecule has 2 heterocycles. The molecule has 0 saturated heterocycles. The number of halogens is 1. The van der Waals surface area contributed by atoms with Gasteiger partial charge in [-0.2, -0.15) is 0 Å². The summed E-state index contributed by atoms with van der Waals surface area (Å²) in [5.41, 5.74) is 0.893. The average Bonchev–Trinajstić information content (AvgIpc) is 3.06. The first kappa shape index (κ1) is 22.8. The summed E-state index contributed by atoms with van der Waals surface area (Å²) in [5.74, 6) is 0.133. The van der Waals surface area contributed by atoms with E-state index in [0.717, 1.165) is 5.56 Å². The van der Waals surface area contributed by atoms with Crippen LogP contribution in [0.4, 0.5) is 0 Å². The molecule has 0 aliphatic rings. The molecule has 0 aliphatic carbocycles. The standard InChI is InChI=1S/C24H26ClN5O3/c1-14(2)12-28-22(32)19-9-8-17(21(31)26-15(3)4)11-20(19)30-23(28)27-29(24(30)33)13-16-6-5-7-18(25)10-16/h5-11,14-15H,12-13H2,1-4H3,(H,26,31). The Morgan fingerprint density at radius 1 is 1.09 bits per heavy atom. The van der Waals surface area contributed by atoms with Crippen LogP contribution in [0.25, 0.3) is 16.7 Å². The molecular weight excluding hydrogens is 442 g/mol. The number of benzene rings is 2. The number of nitrogens with one attached hydrogen (secondary N) is 1. The molecule has 0 bridgehead atoms. The minimum Gasteiger partial charge on any atom is -0.350 e. The summed E-state index contributed by atoms with van der Waals surface area (Å²) in [6, 6.07) is 11.9. The van der Waals surface area contributed by atoms with Gasteiger partial charge in [0.1, 0.15) is 0 Å². The molecule has 1 N–H and O–H groups in total. The third-order valence-corrected chi connectivity index (χ3v) is 5.46. The van der Waals surface area contributed by atoms with Crippen molar-refractivity contribution in [2.45, 2.75) is 46.8 Å². The Morgan fingerprint density at radius 2 is 1.85 bits per heavy atom. The predicted octanol–water partition coefficient (Wildman–Crippen LogP) is 3.31. The van der Waals surface area contributed by atoms with E-state index in [9.17, 15) is 14.4 Å². The van der Waals surface area contributed by atoms with Gasteiger partial charge in [-0.3, -0.25) is 14.2 Å². The number of rotatable bonds is 6. The highest BCUT2D eigenvalue weighted by molar-refractivity contribution is 6.30. The van der Waals surface area contributed by atoms with Crippen LogP contribution >= 0.6 is 11.6 Å². The molecule has 0 unspecified atom stereocenters. The second-order valence-corrected chi connectivity index (χ2v) is 9.31. The molecule has 0 radical (unpaired) electrons. The van der Waals surface area contributed by atoms with Gasteiger partial charge in [0.15, 0.2) is 0 Å². The van der Waals surface area contributed by atoms with Gasteiger partial charge in [-0.1, -0.05) is 37.6 Å². The van der Waals surface area contributed by atoms with Crippen LogP contribution < -0.4 is 16.6 Å². The van der Waals surface area contributed by atoms with Crippen LogP contribution in [0, 0.1) is 5.92 Å². The van der Waals surface area contributed by atoms with Crippen LogP contribution in [-0.2, 0) is 13.1 Å². The Balaban J connectivity index is 1.99. The van der Waals surface area contributed by atoms with Crippen LogP contribution in [0.15, 0.2) is 52.1 Å². The number of carbonyl (C=O) groups excluding carboxylic acids is 1. The van der Waals surface area contributed by atoms with Crippen molar-refractivity contribution in [3.8, 4) is 0 Å². The minimum absolute atomic E-state index is 0.0459. The molecule has 0 spiro atoms. The first-order chi connectivity index (χ1) is 15.7. The molecule has 0 fully saturated rings. The summed E-state index contributed by atoms with van der Waals surface area (Å²) in [5, 5.41) is 8.27. The van der Waals surface area contributed by atoms with Gasteiger partial charge >= 0.3 is 5.69 Å². The number of hydrogen-bond acceptors (Lipinski definition) is 4. The molecule has 2 aromatic heterocycles. The van der Waals surface area contributed by atoms with Gasteiger partial charge in [0.05, 0.1) is 17.4 Å². The summed E-state index contributed by atoms with van der Waals surface area (Å²) in [6.07, 6.45) is 0. The van der Waals surface area contributed by atoms with Crippen molar-refractivity contribution in [1.29, 1.82) is 0 Å². The van der Waals surface area contributed by atoms with Crippen LogP contribution in [0.5, 0.6) is 0 Å². The zero-order valence-corrected chi connectivity index (χ0v) is 19.8. The fourth-order valence-corrected chi connectivity index (χ4v) is 4.06. The van der Waals surface area contributed by atoms with Gasteiger partial charge in [0.2, 0.25) is 5.78 Å². The summed E-state index contributed by atoms with van der Waals surface area (Å²) in [6.45, 7) is 8.33. The van der Waals surface area contributed by atoms with Crippen molar-refractivity contribution < 1.29 is 4.79 Å². The second-order valence-electron chi connectivity index (χ2n) is 8.88. The topological polar surface area (TPSA) is 90.4 Å². The zero-order chi connectivity index (χ0) is 23.9. The molecule has 0 atom stereocenters. The molecule has 172 valence electrons. The van der Waals surface area contributed by atoms with Gasteiger partial charge in [-0.15, -0.1) is 5.10 Å². The Kier molecular flexibility index (Phi) is 6.12. The third kappa shape index (κ3) is 4.43. The highest BCUT2D eigenvalue weighted by atomic mass is 35.5. The van der Waals surface area contributed by atoms with Gasteiger partial charge in [-0.25, -0.2) is 13.9 Å². The number of nitrogens with zero attached hydrogens (tertiary/aromatic N) is 4.